The number of piperidine rings is 1. The highest BCUT2D eigenvalue weighted by Gasteiger charge is 2.40. The number of para-hydroxylation sites is 1. The van der Waals surface area contributed by atoms with Gasteiger partial charge in [0.15, 0.2) is 0 Å². The van der Waals surface area contributed by atoms with Gasteiger partial charge in [0.2, 0.25) is 0 Å². The smallest absolute Gasteiger partial charge is 0.387 e. The van der Waals surface area contributed by atoms with Crippen molar-refractivity contribution in [1.82, 2.24) is 10.2 Å². The zero-order chi connectivity index (χ0) is 33.4. The number of benzene rings is 3. The number of likely N-dealkylation sites (tertiary alicyclic amines) is 1. The molecule has 0 amide bonds. The summed E-state index contributed by atoms with van der Waals surface area (Å²) in [5, 5.41) is 3.10. The van der Waals surface area contributed by atoms with E-state index < -0.39 is 24.5 Å². The van der Waals surface area contributed by atoms with E-state index in [1.54, 1.807) is 39.0 Å². The van der Waals surface area contributed by atoms with Crippen LogP contribution < -0.4 is 10.1 Å². The second-order valence-corrected chi connectivity index (χ2v) is 11.9. The molecular formula is C38H42F2N2O5. The topological polar surface area (TPSA) is 77.1 Å². The number of carbonyl (C=O) groups is 2. The van der Waals surface area contributed by atoms with Crippen molar-refractivity contribution < 1.29 is 32.6 Å². The van der Waals surface area contributed by atoms with Crippen LogP contribution in [0.1, 0.15) is 62.6 Å². The Morgan fingerprint density at radius 2 is 1.36 bits per heavy atom. The lowest BCUT2D eigenvalue weighted by Gasteiger charge is -2.43. The molecule has 3 aromatic carbocycles. The highest BCUT2D eigenvalue weighted by molar-refractivity contribution is 6.00. The standard InChI is InChI=1S/C38H42F2N2O5/c1-4-45-35(43)32-26(2)41-27(3)33(34(32)30-18-11-12-19-31(30)47-37(39)40)36(44)46-25-13-22-42-23-20-38(21-24-42,28-14-7-5-8-15-28)29-16-9-6-10-17-29/h5-12,14-19,34,37,41H,4,13,20-25H2,1-3H3. The van der Waals surface area contributed by atoms with Gasteiger partial charge in [-0.3, -0.25) is 0 Å². The van der Waals surface area contributed by atoms with Crippen LogP contribution in [0.15, 0.2) is 107 Å². The second kappa shape index (κ2) is 15.4. The Kier molecular flexibility index (Phi) is 11.1. The molecule has 7 nitrogen and oxygen atoms in total. The number of hydrogen-bond donors (Lipinski definition) is 1. The minimum absolute atomic E-state index is 0.0505. The SMILES string of the molecule is CCOC(=O)C1=C(C)NC(C)=C(C(=O)OCCCN2CCC(c3ccccc3)(c3ccccc3)CC2)C1c1ccccc1OC(F)F. The summed E-state index contributed by atoms with van der Waals surface area (Å²) in [5.41, 5.74) is 4.06. The summed E-state index contributed by atoms with van der Waals surface area (Å²) >= 11 is 0. The van der Waals surface area contributed by atoms with Crippen molar-refractivity contribution in [2.45, 2.75) is 58.0 Å². The van der Waals surface area contributed by atoms with Gasteiger partial charge in [0, 0.05) is 28.9 Å². The first-order chi connectivity index (χ1) is 22.7. The summed E-state index contributed by atoms with van der Waals surface area (Å²) < 4.78 is 42.7. The fourth-order valence-corrected chi connectivity index (χ4v) is 6.92. The van der Waals surface area contributed by atoms with Crippen LogP contribution in [0.25, 0.3) is 0 Å². The van der Waals surface area contributed by atoms with Gasteiger partial charge in [-0.25, -0.2) is 9.59 Å². The summed E-state index contributed by atoms with van der Waals surface area (Å²) in [6, 6.07) is 27.5. The molecule has 1 fully saturated rings. The number of dihydropyridines is 1. The highest BCUT2D eigenvalue weighted by Crippen LogP contribution is 2.44. The molecule has 3 aromatic rings. The molecule has 9 heteroatoms. The van der Waals surface area contributed by atoms with E-state index in [1.165, 1.54) is 17.2 Å². The van der Waals surface area contributed by atoms with Crippen LogP contribution in [0, 0.1) is 0 Å². The lowest BCUT2D eigenvalue weighted by atomic mass is 9.68. The minimum Gasteiger partial charge on any atom is -0.463 e. The Bertz CT molecular complexity index is 1560. The summed E-state index contributed by atoms with van der Waals surface area (Å²) in [4.78, 5) is 29.3. The van der Waals surface area contributed by atoms with E-state index in [1.807, 2.05) is 12.1 Å². The molecule has 2 aliphatic heterocycles. The first kappa shape index (κ1) is 33.9. The first-order valence-electron chi connectivity index (χ1n) is 16.1. The van der Waals surface area contributed by atoms with Gasteiger partial charge in [-0.15, -0.1) is 0 Å². The van der Waals surface area contributed by atoms with Gasteiger partial charge >= 0.3 is 18.6 Å². The molecule has 47 heavy (non-hydrogen) atoms. The zero-order valence-corrected chi connectivity index (χ0v) is 27.1. The Morgan fingerprint density at radius 1 is 0.830 bits per heavy atom. The van der Waals surface area contributed by atoms with Gasteiger partial charge in [-0.05, 0) is 70.3 Å². The molecule has 0 aromatic heterocycles. The second-order valence-electron chi connectivity index (χ2n) is 11.9. The third-order valence-corrected chi connectivity index (χ3v) is 9.14. The quantitative estimate of drug-likeness (QED) is 0.167. The number of halogens is 2. The summed E-state index contributed by atoms with van der Waals surface area (Å²) in [7, 11) is 0. The Hall–Kier alpha value is -4.50. The largest absolute Gasteiger partial charge is 0.463 e. The number of allylic oxidation sites excluding steroid dienone is 2. The van der Waals surface area contributed by atoms with Gasteiger partial charge in [0.05, 0.1) is 30.3 Å². The Balaban J connectivity index is 1.27. The molecule has 0 radical (unpaired) electrons. The van der Waals surface area contributed by atoms with E-state index in [9.17, 15) is 18.4 Å². The number of carbonyl (C=O) groups excluding carboxylic acids is 2. The van der Waals surface area contributed by atoms with Gasteiger partial charge in [-0.1, -0.05) is 78.9 Å². The van der Waals surface area contributed by atoms with Crippen molar-refractivity contribution in [1.29, 1.82) is 0 Å². The van der Waals surface area contributed by atoms with E-state index in [0.29, 0.717) is 17.8 Å². The number of alkyl halides is 2. The normalized spacial score (nSPS) is 18.1. The van der Waals surface area contributed by atoms with Crippen molar-refractivity contribution in [2.24, 2.45) is 0 Å². The number of nitrogens with one attached hydrogen (secondary N) is 1. The van der Waals surface area contributed by atoms with E-state index in [2.05, 4.69) is 58.7 Å². The van der Waals surface area contributed by atoms with Crippen molar-refractivity contribution in [3.63, 3.8) is 0 Å². The molecule has 0 aliphatic carbocycles. The average molecular weight is 645 g/mol. The van der Waals surface area contributed by atoms with Crippen molar-refractivity contribution in [2.75, 3.05) is 32.8 Å². The van der Waals surface area contributed by atoms with Crippen molar-refractivity contribution in [3.05, 3.63) is 124 Å². The van der Waals surface area contributed by atoms with Gasteiger partial charge < -0.3 is 24.4 Å². The molecular weight excluding hydrogens is 602 g/mol. The van der Waals surface area contributed by atoms with Crippen molar-refractivity contribution in [3.8, 4) is 5.75 Å². The molecule has 1 unspecified atom stereocenters. The summed E-state index contributed by atoms with van der Waals surface area (Å²) in [6.45, 7) is 4.80. The lowest BCUT2D eigenvalue weighted by molar-refractivity contribution is -0.140. The fourth-order valence-electron chi connectivity index (χ4n) is 6.92. The maximum atomic E-state index is 13.7. The maximum Gasteiger partial charge on any atom is 0.387 e. The van der Waals surface area contributed by atoms with Gasteiger partial charge in [0.25, 0.3) is 0 Å². The van der Waals surface area contributed by atoms with E-state index in [-0.39, 0.29) is 41.1 Å². The van der Waals surface area contributed by atoms with E-state index in [4.69, 9.17) is 14.2 Å². The zero-order valence-electron chi connectivity index (χ0n) is 27.1. The third-order valence-electron chi connectivity index (χ3n) is 9.14. The molecule has 2 aliphatic rings. The first-order valence-corrected chi connectivity index (χ1v) is 16.1. The van der Waals surface area contributed by atoms with Crippen LogP contribution in [0.4, 0.5) is 8.78 Å². The Morgan fingerprint density at radius 3 is 1.91 bits per heavy atom. The predicted octanol–water partition coefficient (Wildman–Crippen LogP) is 7.10. The molecule has 248 valence electrons. The number of nitrogens with zero attached hydrogens (tertiary/aromatic N) is 1. The number of hydrogen-bond acceptors (Lipinski definition) is 7. The number of rotatable bonds is 12. The molecule has 0 saturated carbocycles. The molecule has 5 rings (SSSR count). The minimum atomic E-state index is -3.09. The fraction of sp³-hybridized carbons (Fsp3) is 0.368. The van der Waals surface area contributed by atoms with Crippen LogP contribution >= 0.6 is 0 Å². The molecule has 1 N–H and O–H groups in total. The average Bonchev–Trinajstić information content (AvgIpc) is 3.07. The van der Waals surface area contributed by atoms with Crippen LogP contribution in [0.2, 0.25) is 0 Å². The van der Waals surface area contributed by atoms with Crippen LogP contribution in [0.5, 0.6) is 5.75 Å². The summed E-state index contributed by atoms with van der Waals surface area (Å²) in [6.07, 6.45) is 2.57. The van der Waals surface area contributed by atoms with Crippen LogP contribution in [0.3, 0.4) is 0 Å². The number of esters is 2. The maximum absolute atomic E-state index is 13.7. The third kappa shape index (κ3) is 7.57. The highest BCUT2D eigenvalue weighted by atomic mass is 19.3. The lowest BCUT2D eigenvalue weighted by Crippen LogP contribution is -2.43. The molecule has 1 saturated heterocycles. The van der Waals surface area contributed by atoms with Crippen LogP contribution in [-0.4, -0.2) is 56.3 Å². The monoisotopic (exact) mass is 644 g/mol. The van der Waals surface area contributed by atoms with Crippen LogP contribution in [-0.2, 0) is 24.5 Å². The van der Waals surface area contributed by atoms with E-state index >= 15 is 0 Å². The molecule has 1 atom stereocenters. The van der Waals surface area contributed by atoms with Gasteiger partial charge in [0.1, 0.15) is 5.75 Å². The number of ether oxygens (including phenoxy) is 3. The van der Waals surface area contributed by atoms with Gasteiger partial charge in [-0.2, -0.15) is 8.78 Å². The Labute approximate surface area is 275 Å². The van der Waals surface area contributed by atoms with E-state index in [0.717, 1.165) is 32.5 Å². The van der Waals surface area contributed by atoms with Crippen molar-refractivity contribution >= 4 is 11.9 Å². The summed E-state index contributed by atoms with van der Waals surface area (Å²) in [5.74, 6) is -2.44. The molecule has 0 bridgehead atoms. The predicted molar refractivity (Wildman–Crippen MR) is 176 cm³/mol. The molecule has 0 spiro atoms. The molecule has 2 heterocycles.